The third kappa shape index (κ3) is 3.29. The smallest absolute Gasteiger partial charge is 0.352 e. The van der Waals surface area contributed by atoms with Gasteiger partial charge < -0.3 is 24.7 Å². The van der Waals surface area contributed by atoms with E-state index in [0.717, 1.165) is 4.57 Å². The van der Waals surface area contributed by atoms with Gasteiger partial charge in [-0.15, -0.1) is 0 Å². The van der Waals surface area contributed by atoms with E-state index < -0.39 is 41.5 Å². The molecule has 10 heteroatoms. The van der Waals surface area contributed by atoms with Gasteiger partial charge in [0.1, 0.15) is 30.7 Å². The molecular formula is C17H22N4O6. The predicted octanol–water partition coefficient (Wildman–Crippen LogP) is 0.120. The first kappa shape index (κ1) is 19.3. The molecule has 2 saturated heterocycles. The van der Waals surface area contributed by atoms with E-state index in [9.17, 15) is 14.9 Å². The summed E-state index contributed by atoms with van der Waals surface area (Å²) in [5, 5.41) is 9.93. The topological polar surface area (TPSA) is 139 Å². The maximum Gasteiger partial charge on any atom is 0.352 e. The van der Waals surface area contributed by atoms with Gasteiger partial charge in [0.2, 0.25) is 0 Å². The fraction of sp³-hybridized carbons (Fsp3) is 0.647. The summed E-state index contributed by atoms with van der Waals surface area (Å²) in [6.07, 6.45) is -1.13. The number of anilines is 1. The Morgan fingerprint density at radius 2 is 2.15 bits per heavy atom. The van der Waals surface area contributed by atoms with Crippen LogP contribution in [-0.2, 0) is 29.5 Å². The molecule has 2 aliphatic rings. The number of nitriles is 1. The summed E-state index contributed by atoms with van der Waals surface area (Å²) < 4.78 is 23.9. The van der Waals surface area contributed by atoms with Crippen LogP contribution in [0.2, 0.25) is 0 Å². The van der Waals surface area contributed by atoms with E-state index in [4.69, 9.17) is 24.7 Å². The highest BCUT2D eigenvalue weighted by Crippen LogP contribution is 2.46. The van der Waals surface area contributed by atoms with E-state index in [2.05, 4.69) is 4.98 Å². The fourth-order valence-electron chi connectivity index (χ4n) is 3.19. The second-order valence-electron chi connectivity index (χ2n) is 7.28. The summed E-state index contributed by atoms with van der Waals surface area (Å²) in [5.74, 6) is -1.71. The SMILES string of the molecule is CC(C)C(=O)OC[C@H]1O[C@@](C#N)(n2ccc(N)nc2=O)[C@@H]2OC(C)(C)O[C@@H]21. The molecule has 0 spiro atoms. The van der Waals surface area contributed by atoms with E-state index in [1.54, 1.807) is 27.7 Å². The van der Waals surface area contributed by atoms with Crippen LogP contribution in [0.25, 0.3) is 0 Å². The van der Waals surface area contributed by atoms with E-state index in [1.165, 1.54) is 12.3 Å². The number of nitrogen functional groups attached to an aromatic ring is 1. The van der Waals surface area contributed by atoms with E-state index in [0.29, 0.717) is 0 Å². The normalized spacial score (nSPS) is 31.5. The minimum absolute atomic E-state index is 0.0187. The maximum absolute atomic E-state index is 12.4. The van der Waals surface area contributed by atoms with Crippen molar-refractivity contribution in [3.8, 4) is 6.07 Å². The molecule has 27 heavy (non-hydrogen) atoms. The average Bonchev–Trinajstić information content (AvgIpc) is 3.04. The quantitative estimate of drug-likeness (QED) is 0.724. The van der Waals surface area contributed by atoms with Gasteiger partial charge in [-0.1, -0.05) is 13.8 Å². The van der Waals surface area contributed by atoms with Gasteiger partial charge in [-0.2, -0.15) is 10.2 Å². The first-order chi connectivity index (χ1) is 12.6. The van der Waals surface area contributed by atoms with Gasteiger partial charge in [0, 0.05) is 6.20 Å². The molecule has 1 aromatic heterocycles. The molecule has 2 N–H and O–H groups in total. The van der Waals surface area contributed by atoms with Gasteiger partial charge in [0.15, 0.2) is 11.9 Å². The van der Waals surface area contributed by atoms with Crippen LogP contribution in [0.4, 0.5) is 5.82 Å². The molecule has 0 aliphatic carbocycles. The van der Waals surface area contributed by atoms with Crippen LogP contribution in [0.15, 0.2) is 17.1 Å². The molecule has 0 saturated carbocycles. The summed E-state index contributed by atoms with van der Waals surface area (Å²) >= 11 is 0. The number of nitrogens with two attached hydrogens (primary N) is 1. The molecule has 0 amide bonds. The summed E-state index contributed by atoms with van der Waals surface area (Å²) in [7, 11) is 0. The Morgan fingerprint density at radius 3 is 2.74 bits per heavy atom. The van der Waals surface area contributed by atoms with Crippen LogP contribution in [-0.4, -0.2) is 46.2 Å². The van der Waals surface area contributed by atoms with Gasteiger partial charge in [-0.25, -0.2) is 4.79 Å². The van der Waals surface area contributed by atoms with Gasteiger partial charge in [-0.05, 0) is 19.9 Å². The van der Waals surface area contributed by atoms with E-state index >= 15 is 0 Å². The Morgan fingerprint density at radius 1 is 1.44 bits per heavy atom. The number of rotatable bonds is 4. The lowest BCUT2D eigenvalue weighted by Gasteiger charge is -2.30. The van der Waals surface area contributed by atoms with Crippen molar-refractivity contribution < 1.29 is 23.7 Å². The first-order valence-electron chi connectivity index (χ1n) is 8.56. The molecule has 0 unspecified atom stereocenters. The van der Waals surface area contributed by atoms with Crippen molar-refractivity contribution in [1.29, 1.82) is 5.26 Å². The van der Waals surface area contributed by atoms with Crippen molar-refractivity contribution in [2.75, 3.05) is 12.3 Å². The summed E-state index contributed by atoms with van der Waals surface area (Å²) in [6, 6.07) is 3.40. The number of aromatic nitrogens is 2. The monoisotopic (exact) mass is 378 g/mol. The minimum atomic E-state index is -1.83. The van der Waals surface area contributed by atoms with Crippen LogP contribution in [0.5, 0.6) is 0 Å². The van der Waals surface area contributed by atoms with Crippen LogP contribution in [0.3, 0.4) is 0 Å². The Balaban J connectivity index is 1.98. The molecule has 3 rings (SSSR count). The van der Waals surface area contributed by atoms with Crippen molar-refractivity contribution >= 4 is 11.8 Å². The Bertz CT molecular complexity index is 845. The Labute approximate surface area is 155 Å². The number of nitrogens with zero attached hydrogens (tertiary/aromatic N) is 3. The molecule has 1 aromatic rings. The molecule has 0 radical (unpaired) electrons. The molecular weight excluding hydrogens is 356 g/mol. The lowest BCUT2D eigenvalue weighted by molar-refractivity contribution is -0.220. The summed E-state index contributed by atoms with van der Waals surface area (Å²) in [4.78, 5) is 27.8. The molecule has 3 heterocycles. The first-order valence-corrected chi connectivity index (χ1v) is 8.56. The molecule has 0 bridgehead atoms. The average molecular weight is 378 g/mol. The fourth-order valence-corrected chi connectivity index (χ4v) is 3.19. The lowest BCUT2D eigenvalue weighted by atomic mass is 10.0. The maximum atomic E-state index is 12.4. The standard InChI is InChI=1S/C17H22N4O6/c1-9(2)14(22)24-7-10-12-13(27-16(3,4)26-12)17(8-18,25-10)21-6-5-11(19)20-15(21)23/h5-6,9-10,12-13H,7H2,1-4H3,(H2,19,20,23)/t10-,12-,13-,17-/m1/s1. The molecule has 4 atom stereocenters. The van der Waals surface area contributed by atoms with E-state index in [-0.39, 0.29) is 18.3 Å². The summed E-state index contributed by atoms with van der Waals surface area (Å²) in [6.45, 7) is 6.65. The Hall–Kier alpha value is -2.48. The lowest BCUT2D eigenvalue weighted by Crippen LogP contribution is -2.49. The Kier molecular flexibility index (Phi) is 4.71. The van der Waals surface area contributed by atoms with Gasteiger partial charge in [-0.3, -0.25) is 9.36 Å². The number of fused-ring (bicyclic) bond motifs is 1. The van der Waals surface area contributed by atoms with Crippen molar-refractivity contribution in [3.63, 3.8) is 0 Å². The van der Waals surface area contributed by atoms with Crippen molar-refractivity contribution in [2.45, 2.75) is 57.5 Å². The highest BCUT2D eigenvalue weighted by molar-refractivity contribution is 5.71. The van der Waals surface area contributed by atoms with Gasteiger partial charge in [0.05, 0.1) is 5.92 Å². The zero-order valence-electron chi connectivity index (χ0n) is 15.5. The zero-order valence-corrected chi connectivity index (χ0v) is 15.5. The third-order valence-corrected chi connectivity index (χ3v) is 4.42. The second kappa shape index (κ2) is 6.60. The molecule has 10 nitrogen and oxygen atoms in total. The summed E-state index contributed by atoms with van der Waals surface area (Å²) in [5.41, 5.74) is 2.95. The van der Waals surface area contributed by atoms with Crippen LogP contribution in [0.1, 0.15) is 27.7 Å². The number of ether oxygens (including phenoxy) is 4. The van der Waals surface area contributed by atoms with Crippen molar-refractivity contribution in [1.82, 2.24) is 9.55 Å². The van der Waals surface area contributed by atoms with Crippen LogP contribution < -0.4 is 11.4 Å². The minimum Gasteiger partial charge on any atom is -0.463 e. The zero-order chi connectivity index (χ0) is 20.0. The van der Waals surface area contributed by atoms with Crippen molar-refractivity contribution in [2.24, 2.45) is 5.92 Å². The number of hydrogen-bond acceptors (Lipinski definition) is 9. The van der Waals surface area contributed by atoms with Crippen LogP contribution in [0, 0.1) is 17.2 Å². The van der Waals surface area contributed by atoms with Gasteiger partial charge in [0.25, 0.3) is 5.72 Å². The number of carbonyl (C=O) groups excluding carboxylic acids is 1. The van der Waals surface area contributed by atoms with Crippen LogP contribution >= 0.6 is 0 Å². The van der Waals surface area contributed by atoms with Gasteiger partial charge >= 0.3 is 11.7 Å². The van der Waals surface area contributed by atoms with E-state index in [1.807, 2.05) is 6.07 Å². The highest BCUT2D eigenvalue weighted by atomic mass is 16.8. The number of hydrogen-bond donors (Lipinski definition) is 1. The number of esters is 1. The highest BCUT2D eigenvalue weighted by Gasteiger charge is 2.65. The predicted molar refractivity (Wildman–Crippen MR) is 91.0 cm³/mol. The second-order valence-corrected chi connectivity index (χ2v) is 7.28. The molecule has 146 valence electrons. The number of carbonyl (C=O) groups is 1. The largest absolute Gasteiger partial charge is 0.463 e. The molecule has 2 aliphatic heterocycles. The van der Waals surface area contributed by atoms with Crippen molar-refractivity contribution in [3.05, 3.63) is 22.7 Å². The molecule has 0 aromatic carbocycles. The molecule has 2 fully saturated rings. The third-order valence-electron chi connectivity index (χ3n) is 4.42.